The summed E-state index contributed by atoms with van der Waals surface area (Å²) >= 11 is 1.15. The molecule has 0 saturated carbocycles. The van der Waals surface area contributed by atoms with E-state index in [2.05, 4.69) is 15.5 Å². The Morgan fingerprint density at radius 2 is 2.04 bits per heavy atom. The van der Waals surface area contributed by atoms with Crippen molar-refractivity contribution in [3.63, 3.8) is 0 Å². The lowest BCUT2D eigenvalue weighted by Crippen LogP contribution is -2.37. The fourth-order valence-electron chi connectivity index (χ4n) is 2.21. The van der Waals surface area contributed by atoms with E-state index in [1.54, 1.807) is 24.3 Å². The van der Waals surface area contributed by atoms with E-state index in [1.807, 2.05) is 6.92 Å². The first-order valence-electron chi connectivity index (χ1n) is 7.60. The Morgan fingerprint density at radius 1 is 1.27 bits per heavy atom. The van der Waals surface area contributed by atoms with E-state index in [0.717, 1.165) is 21.2 Å². The van der Waals surface area contributed by atoms with Crippen LogP contribution in [0.15, 0.2) is 57.5 Å². The molecule has 0 aliphatic carbocycles. The maximum atomic E-state index is 13.0. The van der Waals surface area contributed by atoms with Gasteiger partial charge in [-0.05, 0) is 31.2 Å². The van der Waals surface area contributed by atoms with E-state index >= 15 is 0 Å². The maximum absolute atomic E-state index is 13.0. The normalized spacial score (nSPS) is 11.6. The Kier molecular flexibility index (Phi) is 5.45. The zero-order valence-electron chi connectivity index (χ0n) is 13.8. The number of amides is 1. The van der Waals surface area contributed by atoms with Gasteiger partial charge in [0.1, 0.15) is 11.3 Å². The van der Waals surface area contributed by atoms with Crippen LogP contribution in [0.3, 0.4) is 0 Å². The average Bonchev–Trinajstić information content (AvgIpc) is 3.28. The van der Waals surface area contributed by atoms with Gasteiger partial charge in [-0.2, -0.15) is 4.31 Å². The maximum Gasteiger partial charge on any atom is 0.243 e. The van der Waals surface area contributed by atoms with Crippen LogP contribution < -0.4 is 5.32 Å². The molecule has 3 rings (SSSR count). The van der Waals surface area contributed by atoms with Gasteiger partial charge in [0.25, 0.3) is 0 Å². The molecule has 0 saturated heterocycles. The van der Waals surface area contributed by atoms with Crippen LogP contribution in [0.1, 0.15) is 11.3 Å². The predicted octanol–water partition coefficient (Wildman–Crippen LogP) is 2.27. The van der Waals surface area contributed by atoms with E-state index in [-0.39, 0.29) is 18.0 Å². The number of aromatic nitrogens is 2. The third-order valence-corrected chi connectivity index (χ3v) is 5.91. The molecule has 8 nitrogen and oxygen atoms in total. The molecular formula is C16H16N4O4S2. The standard InChI is InChI=1S/C16H16N4O4S2/c1-12-4-6-14(7-5-12)26(22,23)20(9-13-3-2-8-24-13)10-15(21)18-16-19-17-11-25-16/h2-8,11H,9-10H2,1H3,(H,18,19,21). The van der Waals surface area contributed by atoms with Crippen LogP contribution in [0.2, 0.25) is 0 Å². The zero-order valence-corrected chi connectivity index (χ0v) is 15.5. The van der Waals surface area contributed by atoms with Gasteiger partial charge in [-0.1, -0.05) is 29.0 Å². The van der Waals surface area contributed by atoms with Crippen molar-refractivity contribution in [1.29, 1.82) is 0 Å². The topological polar surface area (TPSA) is 105 Å². The molecule has 10 heteroatoms. The van der Waals surface area contributed by atoms with E-state index in [1.165, 1.54) is 23.9 Å². The summed E-state index contributed by atoms with van der Waals surface area (Å²) in [4.78, 5) is 12.4. The van der Waals surface area contributed by atoms with Crippen LogP contribution in [0.4, 0.5) is 5.13 Å². The summed E-state index contributed by atoms with van der Waals surface area (Å²) in [5, 5.41) is 10.2. The van der Waals surface area contributed by atoms with E-state index in [4.69, 9.17) is 4.42 Å². The highest BCUT2D eigenvalue weighted by molar-refractivity contribution is 7.89. The molecule has 2 aromatic heterocycles. The van der Waals surface area contributed by atoms with Gasteiger partial charge in [-0.3, -0.25) is 10.1 Å². The molecule has 1 N–H and O–H groups in total. The van der Waals surface area contributed by atoms with Crippen LogP contribution in [-0.2, 0) is 21.4 Å². The number of carbonyl (C=O) groups is 1. The Labute approximate surface area is 154 Å². The van der Waals surface area contributed by atoms with Crippen molar-refractivity contribution in [2.75, 3.05) is 11.9 Å². The number of hydrogen-bond donors (Lipinski definition) is 1. The lowest BCUT2D eigenvalue weighted by Gasteiger charge is -2.20. The van der Waals surface area contributed by atoms with Crippen LogP contribution in [-0.4, -0.2) is 35.4 Å². The second-order valence-corrected chi connectivity index (χ2v) is 8.23. The predicted molar refractivity (Wildman–Crippen MR) is 96.0 cm³/mol. The molecule has 0 atom stereocenters. The van der Waals surface area contributed by atoms with E-state index < -0.39 is 15.9 Å². The first kappa shape index (κ1) is 18.2. The molecule has 2 heterocycles. The molecule has 0 aliphatic rings. The Bertz CT molecular complexity index is 952. The lowest BCUT2D eigenvalue weighted by molar-refractivity contribution is -0.116. The van der Waals surface area contributed by atoms with Gasteiger partial charge in [0.15, 0.2) is 0 Å². The molecule has 0 radical (unpaired) electrons. The minimum atomic E-state index is -3.89. The summed E-state index contributed by atoms with van der Waals surface area (Å²) in [6, 6.07) is 9.76. The van der Waals surface area contributed by atoms with Crippen LogP contribution in [0.5, 0.6) is 0 Å². The number of carbonyl (C=O) groups excluding carboxylic acids is 1. The smallest absolute Gasteiger partial charge is 0.243 e. The first-order valence-corrected chi connectivity index (χ1v) is 9.92. The molecule has 0 bridgehead atoms. The molecule has 0 spiro atoms. The molecule has 0 aliphatic heterocycles. The van der Waals surface area contributed by atoms with Crippen molar-refractivity contribution in [1.82, 2.24) is 14.5 Å². The van der Waals surface area contributed by atoms with Crippen molar-refractivity contribution >= 4 is 32.4 Å². The Balaban J connectivity index is 1.84. The molecule has 26 heavy (non-hydrogen) atoms. The summed E-state index contributed by atoms with van der Waals surface area (Å²) < 4.78 is 32.3. The molecule has 0 fully saturated rings. The number of hydrogen-bond acceptors (Lipinski definition) is 7. The second-order valence-electron chi connectivity index (χ2n) is 5.46. The van der Waals surface area contributed by atoms with Gasteiger partial charge in [0, 0.05) is 0 Å². The number of anilines is 1. The summed E-state index contributed by atoms with van der Waals surface area (Å²) in [6.07, 6.45) is 1.45. The van der Waals surface area contributed by atoms with Crippen molar-refractivity contribution in [3.05, 3.63) is 59.5 Å². The quantitative estimate of drug-likeness (QED) is 0.661. The van der Waals surface area contributed by atoms with Gasteiger partial charge < -0.3 is 4.42 Å². The number of sulfonamides is 1. The molecule has 1 amide bonds. The molecule has 3 aromatic rings. The van der Waals surface area contributed by atoms with E-state index in [0.29, 0.717) is 10.9 Å². The van der Waals surface area contributed by atoms with Crippen molar-refractivity contribution in [2.45, 2.75) is 18.4 Å². The minimum Gasteiger partial charge on any atom is -0.468 e. The number of aryl methyl sites for hydroxylation is 1. The summed E-state index contributed by atoms with van der Waals surface area (Å²) in [5.41, 5.74) is 2.41. The van der Waals surface area contributed by atoms with Gasteiger partial charge in [-0.25, -0.2) is 8.42 Å². The van der Waals surface area contributed by atoms with Crippen molar-refractivity contribution in [2.24, 2.45) is 0 Å². The SMILES string of the molecule is Cc1ccc(S(=O)(=O)N(CC(=O)Nc2nncs2)Cc2ccco2)cc1. The highest BCUT2D eigenvalue weighted by Crippen LogP contribution is 2.19. The largest absolute Gasteiger partial charge is 0.468 e. The average molecular weight is 392 g/mol. The third-order valence-electron chi connectivity index (χ3n) is 3.50. The van der Waals surface area contributed by atoms with Crippen molar-refractivity contribution in [3.8, 4) is 0 Å². The molecule has 1 aromatic carbocycles. The van der Waals surface area contributed by atoms with Crippen LogP contribution >= 0.6 is 11.3 Å². The summed E-state index contributed by atoms with van der Waals surface area (Å²) in [7, 11) is -3.89. The Hall–Kier alpha value is -2.56. The third kappa shape index (κ3) is 4.34. The Morgan fingerprint density at radius 3 is 2.65 bits per heavy atom. The molecular weight excluding hydrogens is 376 g/mol. The number of nitrogens with one attached hydrogen (secondary N) is 1. The molecule has 136 valence electrons. The van der Waals surface area contributed by atoms with E-state index in [9.17, 15) is 13.2 Å². The van der Waals surface area contributed by atoms with Gasteiger partial charge >= 0.3 is 0 Å². The zero-order chi connectivity index (χ0) is 18.6. The van der Waals surface area contributed by atoms with Crippen LogP contribution in [0, 0.1) is 6.92 Å². The minimum absolute atomic E-state index is 0.0627. The summed E-state index contributed by atoms with van der Waals surface area (Å²) in [6.45, 7) is 1.43. The number of nitrogens with zero attached hydrogens (tertiary/aromatic N) is 3. The van der Waals surface area contributed by atoms with Gasteiger partial charge in [0.2, 0.25) is 21.1 Å². The number of rotatable bonds is 7. The first-order chi connectivity index (χ1) is 12.4. The van der Waals surface area contributed by atoms with Crippen LogP contribution in [0.25, 0.3) is 0 Å². The van der Waals surface area contributed by atoms with Gasteiger partial charge in [-0.15, -0.1) is 10.2 Å². The lowest BCUT2D eigenvalue weighted by atomic mass is 10.2. The monoisotopic (exact) mass is 392 g/mol. The second kappa shape index (κ2) is 7.77. The highest BCUT2D eigenvalue weighted by atomic mass is 32.2. The highest BCUT2D eigenvalue weighted by Gasteiger charge is 2.28. The number of furan rings is 1. The van der Waals surface area contributed by atoms with Gasteiger partial charge in [0.05, 0.1) is 24.2 Å². The summed E-state index contributed by atoms with van der Waals surface area (Å²) in [5.74, 6) is -0.0756. The molecule has 0 unspecified atom stereocenters. The number of benzene rings is 1. The fourth-order valence-corrected chi connectivity index (χ4v) is 4.03. The van der Waals surface area contributed by atoms with Crippen molar-refractivity contribution < 1.29 is 17.6 Å². The fraction of sp³-hybridized carbons (Fsp3) is 0.188.